The van der Waals surface area contributed by atoms with Crippen molar-refractivity contribution in [1.82, 2.24) is 5.32 Å². The molecule has 0 amide bonds. The van der Waals surface area contributed by atoms with E-state index in [9.17, 15) is 0 Å². The van der Waals surface area contributed by atoms with Crippen molar-refractivity contribution in [3.63, 3.8) is 0 Å². The quantitative estimate of drug-likeness (QED) is 0.855. The molecule has 2 aromatic carbocycles. The van der Waals surface area contributed by atoms with Crippen LogP contribution >= 0.6 is 35.0 Å². The van der Waals surface area contributed by atoms with E-state index in [0.29, 0.717) is 21.3 Å². The van der Waals surface area contributed by atoms with Gasteiger partial charge in [0.05, 0.1) is 10.0 Å². The number of thioether (sulfide) groups is 1. The van der Waals surface area contributed by atoms with E-state index >= 15 is 0 Å². The Kier molecular flexibility index (Phi) is 4.27. The second kappa shape index (κ2) is 5.98. The predicted molar refractivity (Wildman–Crippen MR) is 88.1 cm³/mol. The summed E-state index contributed by atoms with van der Waals surface area (Å²) in [6, 6.07) is 14.9. The second-order valence-corrected chi connectivity index (χ2v) is 7.03. The monoisotopic (exact) mass is 323 g/mol. The van der Waals surface area contributed by atoms with Crippen LogP contribution in [0.5, 0.6) is 0 Å². The van der Waals surface area contributed by atoms with Crippen LogP contribution in [-0.4, -0.2) is 12.3 Å². The number of hydrogen-bond donors (Lipinski definition) is 1. The van der Waals surface area contributed by atoms with E-state index in [1.54, 1.807) is 0 Å². The van der Waals surface area contributed by atoms with Crippen molar-refractivity contribution in [3.8, 4) is 0 Å². The molecule has 20 heavy (non-hydrogen) atoms. The molecule has 0 radical (unpaired) electrons. The van der Waals surface area contributed by atoms with E-state index in [-0.39, 0.29) is 0 Å². The highest BCUT2D eigenvalue weighted by molar-refractivity contribution is 8.00. The Morgan fingerprint density at radius 1 is 1.10 bits per heavy atom. The van der Waals surface area contributed by atoms with Gasteiger partial charge in [-0.25, -0.2) is 0 Å². The Labute approximate surface area is 133 Å². The first-order valence-corrected chi connectivity index (χ1v) is 8.19. The van der Waals surface area contributed by atoms with Crippen LogP contribution in [0, 0.1) is 0 Å². The molecule has 1 N–H and O–H groups in total. The molecule has 0 saturated carbocycles. The van der Waals surface area contributed by atoms with Gasteiger partial charge in [-0.1, -0.05) is 47.5 Å². The highest BCUT2D eigenvalue weighted by Gasteiger charge is 2.31. The molecular formula is C16H15Cl2NS. The van der Waals surface area contributed by atoms with E-state index in [1.807, 2.05) is 37.0 Å². The lowest BCUT2D eigenvalue weighted by atomic mass is 10.1. The Hall–Kier alpha value is -0.670. The largest absolute Gasteiger partial charge is 0.312 e. The molecule has 1 nitrogen and oxygen atoms in total. The van der Waals surface area contributed by atoms with Gasteiger partial charge in [0.2, 0.25) is 0 Å². The molecule has 0 spiro atoms. The van der Waals surface area contributed by atoms with Crippen LogP contribution in [0.3, 0.4) is 0 Å². The molecule has 4 heteroatoms. The molecule has 1 aliphatic carbocycles. The molecule has 0 heterocycles. The summed E-state index contributed by atoms with van der Waals surface area (Å²) in [4.78, 5) is 1.16. The Morgan fingerprint density at radius 3 is 2.65 bits per heavy atom. The third-order valence-corrected chi connectivity index (χ3v) is 5.68. The molecule has 0 saturated heterocycles. The molecule has 1 aliphatic rings. The normalized spacial score (nSPS) is 20.9. The fourth-order valence-electron chi connectivity index (χ4n) is 2.73. The zero-order chi connectivity index (χ0) is 14.1. The lowest BCUT2D eigenvalue weighted by Crippen LogP contribution is -2.23. The van der Waals surface area contributed by atoms with Crippen LogP contribution in [-0.2, 0) is 6.42 Å². The van der Waals surface area contributed by atoms with E-state index < -0.39 is 0 Å². The van der Waals surface area contributed by atoms with Crippen LogP contribution in [0.25, 0.3) is 0 Å². The SMILES string of the molecule is CNC1c2ccccc2CC1Sc1ccc(Cl)c(Cl)c1. The Bertz CT molecular complexity index is 630. The molecule has 3 rings (SSSR count). The zero-order valence-electron chi connectivity index (χ0n) is 11.1. The standard InChI is InChI=1S/C16H15Cl2NS/c1-19-16-12-5-3-2-4-10(12)8-15(16)20-11-6-7-13(17)14(18)9-11/h2-7,9,15-16,19H,8H2,1H3. The first kappa shape index (κ1) is 14.3. The Morgan fingerprint density at radius 2 is 1.90 bits per heavy atom. The van der Waals surface area contributed by atoms with Gasteiger partial charge in [0.25, 0.3) is 0 Å². The molecule has 2 unspecified atom stereocenters. The highest BCUT2D eigenvalue weighted by atomic mass is 35.5. The maximum atomic E-state index is 6.10. The summed E-state index contributed by atoms with van der Waals surface area (Å²) in [5, 5.41) is 5.14. The summed E-state index contributed by atoms with van der Waals surface area (Å²) in [5.74, 6) is 0. The summed E-state index contributed by atoms with van der Waals surface area (Å²) in [7, 11) is 2.02. The fraction of sp³-hybridized carbons (Fsp3) is 0.250. The fourth-order valence-corrected chi connectivity index (χ4v) is 4.46. The molecular weight excluding hydrogens is 309 g/mol. The number of hydrogen-bond acceptors (Lipinski definition) is 2. The van der Waals surface area contributed by atoms with Gasteiger partial charge in [-0.3, -0.25) is 0 Å². The van der Waals surface area contributed by atoms with Crippen LogP contribution in [0.1, 0.15) is 17.2 Å². The molecule has 0 aromatic heterocycles. The molecule has 0 fully saturated rings. The lowest BCUT2D eigenvalue weighted by Gasteiger charge is -2.19. The van der Waals surface area contributed by atoms with Crippen molar-refractivity contribution >= 4 is 35.0 Å². The smallest absolute Gasteiger partial charge is 0.0603 e. The van der Waals surface area contributed by atoms with Gasteiger partial charge in [-0.15, -0.1) is 11.8 Å². The van der Waals surface area contributed by atoms with Gasteiger partial charge in [0, 0.05) is 16.2 Å². The minimum atomic E-state index is 0.380. The van der Waals surface area contributed by atoms with E-state index in [2.05, 4.69) is 29.6 Å². The maximum absolute atomic E-state index is 6.10. The summed E-state index contributed by atoms with van der Waals surface area (Å²) in [6.07, 6.45) is 1.08. The summed E-state index contributed by atoms with van der Waals surface area (Å²) in [5.41, 5.74) is 2.84. The topological polar surface area (TPSA) is 12.0 Å². The minimum absolute atomic E-state index is 0.380. The number of fused-ring (bicyclic) bond motifs is 1. The van der Waals surface area contributed by atoms with Crippen LogP contribution in [0.15, 0.2) is 47.4 Å². The number of nitrogens with one attached hydrogen (secondary N) is 1. The van der Waals surface area contributed by atoms with Gasteiger partial charge in [-0.2, -0.15) is 0 Å². The highest BCUT2D eigenvalue weighted by Crippen LogP contribution is 2.42. The first-order chi connectivity index (χ1) is 9.69. The molecule has 104 valence electrons. The van der Waals surface area contributed by atoms with E-state index in [4.69, 9.17) is 23.2 Å². The maximum Gasteiger partial charge on any atom is 0.0603 e. The predicted octanol–water partition coefficient (Wildman–Crippen LogP) is 4.97. The third kappa shape index (κ3) is 2.71. The van der Waals surface area contributed by atoms with Gasteiger partial charge in [-0.05, 0) is 42.8 Å². The molecule has 2 aromatic rings. The van der Waals surface area contributed by atoms with Crippen molar-refractivity contribution in [2.75, 3.05) is 7.05 Å². The van der Waals surface area contributed by atoms with Gasteiger partial charge >= 0.3 is 0 Å². The van der Waals surface area contributed by atoms with E-state index in [1.165, 1.54) is 11.1 Å². The number of halogens is 2. The zero-order valence-corrected chi connectivity index (χ0v) is 13.4. The van der Waals surface area contributed by atoms with Crippen LogP contribution in [0.2, 0.25) is 10.0 Å². The second-order valence-electron chi connectivity index (χ2n) is 4.90. The average Bonchev–Trinajstić information content (AvgIpc) is 2.80. The number of rotatable bonds is 3. The summed E-state index contributed by atoms with van der Waals surface area (Å²) in [6.45, 7) is 0. The summed E-state index contributed by atoms with van der Waals surface area (Å²) >= 11 is 13.9. The van der Waals surface area contributed by atoms with Crippen LogP contribution < -0.4 is 5.32 Å². The number of benzene rings is 2. The molecule has 2 atom stereocenters. The molecule has 0 bridgehead atoms. The lowest BCUT2D eigenvalue weighted by molar-refractivity contribution is 0.603. The van der Waals surface area contributed by atoms with Gasteiger partial charge in [0.1, 0.15) is 0 Å². The van der Waals surface area contributed by atoms with E-state index in [0.717, 1.165) is 11.3 Å². The van der Waals surface area contributed by atoms with Gasteiger partial charge in [0.15, 0.2) is 0 Å². The molecule has 0 aliphatic heterocycles. The minimum Gasteiger partial charge on any atom is -0.312 e. The van der Waals surface area contributed by atoms with Crippen molar-refractivity contribution < 1.29 is 0 Å². The average molecular weight is 324 g/mol. The van der Waals surface area contributed by atoms with Crippen molar-refractivity contribution in [3.05, 3.63) is 63.6 Å². The third-order valence-electron chi connectivity index (χ3n) is 3.67. The summed E-state index contributed by atoms with van der Waals surface area (Å²) < 4.78 is 0. The Balaban J connectivity index is 1.83. The van der Waals surface area contributed by atoms with Gasteiger partial charge < -0.3 is 5.32 Å². The van der Waals surface area contributed by atoms with Crippen molar-refractivity contribution in [1.29, 1.82) is 0 Å². The first-order valence-electron chi connectivity index (χ1n) is 6.56. The van der Waals surface area contributed by atoms with Crippen molar-refractivity contribution in [2.45, 2.75) is 22.6 Å². The van der Waals surface area contributed by atoms with Crippen LogP contribution in [0.4, 0.5) is 0 Å². The van der Waals surface area contributed by atoms with Crippen molar-refractivity contribution in [2.24, 2.45) is 0 Å².